The zero-order valence-electron chi connectivity index (χ0n) is 16.5. The Labute approximate surface area is 166 Å². The lowest BCUT2D eigenvalue weighted by Crippen LogP contribution is -2.25. The Morgan fingerprint density at radius 3 is 2.50 bits per heavy atom. The molecule has 2 amide bonds. The Balaban J connectivity index is 1.59. The third kappa shape index (κ3) is 5.28. The second-order valence-electron chi connectivity index (χ2n) is 7.33. The van der Waals surface area contributed by atoms with Crippen LogP contribution in [-0.2, 0) is 0 Å². The minimum absolute atomic E-state index is 0.204. The molecule has 2 N–H and O–H groups in total. The van der Waals surface area contributed by atoms with Crippen LogP contribution >= 0.6 is 0 Å². The Hall–Kier alpha value is -2.95. The van der Waals surface area contributed by atoms with Crippen LogP contribution < -0.4 is 10.6 Å². The fourth-order valence-corrected chi connectivity index (χ4v) is 3.28. The van der Waals surface area contributed by atoms with Crippen molar-refractivity contribution < 1.29 is 9.59 Å². The number of pyridine rings is 1. The summed E-state index contributed by atoms with van der Waals surface area (Å²) in [4.78, 5) is 29.0. The number of carbonyl (C=O) groups is 2. The normalized spacial score (nSPS) is 13.6. The van der Waals surface area contributed by atoms with E-state index in [1.165, 1.54) is 36.4 Å². The molecule has 0 unspecified atom stereocenters. The van der Waals surface area contributed by atoms with Crippen LogP contribution in [0.1, 0.15) is 63.9 Å². The van der Waals surface area contributed by atoms with Crippen molar-refractivity contribution in [3.63, 3.8) is 0 Å². The van der Waals surface area contributed by atoms with Crippen molar-refractivity contribution in [3.05, 3.63) is 70.6 Å². The monoisotopic (exact) mass is 377 g/mol. The topological polar surface area (TPSA) is 71.1 Å². The first kappa shape index (κ1) is 19.8. The van der Waals surface area contributed by atoms with E-state index in [9.17, 15) is 9.59 Å². The van der Waals surface area contributed by atoms with E-state index in [2.05, 4.69) is 21.7 Å². The lowest BCUT2D eigenvalue weighted by molar-refractivity contribution is 0.0953. The summed E-state index contributed by atoms with van der Waals surface area (Å²) in [5.74, 6) is -0.484. The molecule has 0 fully saturated rings. The van der Waals surface area contributed by atoms with Gasteiger partial charge in [-0.15, -0.1) is 0 Å². The summed E-state index contributed by atoms with van der Waals surface area (Å²) in [6.07, 6.45) is 10.9. The number of aromatic nitrogens is 1. The highest BCUT2D eigenvalue weighted by molar-refractivity contribution is 6.05. The van der Waals surface area contributed by atoms with E-state index in [-0.39, 0.29) is 11.8 Å². The molecule has 1 heterocycles. The summed E-state index contributed by atoms with van der Waals surface area (Å²) in [7, 11) is 0. The number of hydrogen-bond donors (Lipinski definition) is 2. The predicted octanol–water partition coefficient (Wildman–Crippen LogP) is 4.57. The number of rotatable bonds is 6. The van der Waals surface area contributed by atoms with Gasteiger partial charge in [0.05, 0.1) is 11.1 Å². The average Bonchev–Trinajstić information content (AvgIpc) is 2.71. The fraction of sp³-hybridized carbons (Fsp3) is 0.348. The highest BCUT2D eigenvalue weighted by Crippen LogP contribution is 2.19. The maximum Gasteiger partial charge on any atom is 0.257 e. The number of nitrogens with zero attached hydrogens (tertiary/aromatic N) is 1. The molecule has 0 aliphatic heterocycles. The highest BCUT2D eigenvalue weighted by atomic mass is 16.2. The quantitative estimate of drug-likeness (QED) is 0.724. The van der Waals surface area contributed by atoms with Crippen molar-refractivity contribution in [3.8, 4) is 0 Å². The number of benzene rings is 1. The van der Waals surface area contributed by atoms with Crippen LogP contribution in [0.25, 0.3) is 0 Å². The third-order valence-electron chi connectivity index (χ3n) is 5.14. The van der Waals surface area contributed by atoms with Crippen LogP contribution in [0.5, 0.6) is 0 Å². The molecule has 0 saturated carbocycles. The number of amides is 2. The first-order valence-corrected chi connectivity index (χ1v) is 9.82. The standard InChI is InChI=1S/C23H27N3O2/c1-16-8-9-21(12-17(16)2)26-23(28)20-13-19(14-24-15-20)22(27)25-11-10-18-6-4-3-5-7-18/h6,8-9,12-15H,3-5,7,10-11H2,1-2H3,(H,25,27)(H,26,28). The SMILES string of the molecule is Cc1ccc(NC(=O)c2cncc(C(=O)NCCC3=CCCCC3)c2)cc1C. The molecule has 146 valence electrons. The molecule has 1 aliphatic rings. The van der Waals surface area contributed by atoms with Gasteiger partial charge in [-0.1, -0.05) is 17.7 Å². The fourth-order valence-electron chi connectivity index (χ4n) is 3.28. The Morgan fingerprint density at radius 2 is 1.79 bits per heavy atom. The van der Waals surface area contributed by atoms with Crippen LogP contribution in [0.2, 0.25) is 0 Å². The minimum Gasteiger partial charge on any atom is -0.352 e. The largest absolute Gasteiger partial charge is 0.352 e. The zero-order valence-corrected chi connectivity index (χ0v) is 16.5. The van der Waals surface area contributed by atoms with Crippen LogP contribution in [0.15, 0.2) is 48.3 Å². The van der Waals surface area contributed by atoms with Gasteiger partial charge in [0.2, 0.25) is 0 Å². The molecule has 3 rings (SSSR count). The lowest BCUT2D eigenvalue weighted by atomic mass is 9.97. The lowest BCUT2D eigenvalue weighted by Gasteiger charge is -2.13. The number of nitrogens with one attached hydrogen (secondary N) is 2. The van der Waals surface area contributed by atoms with Crippen LogP contribution in [0, 0.1) is 13.8 Å². The molecule has 0 radical (unpaired) electrons. The van der Waals surface area contributed by atoms with Crippen molar-refractivity contribution in [2.45, 2.75) is 46.0 Å². The summed E-state index contributed by atoms with van der Waals surface area (Å²) in [5, 5.41) is 5.78. The van der Waals surface area contributed by atoms with Crippen molar-refractivity contribution in [1.29, 1.82) is 0 Å². The summed E-state index contributed by atoms with van der Waals surface area (Å²) >= 11 is 0. The highest BCUT2D eigenvalue weighted by Gasteiger charge is 2.12. The van der Waals surface area contributed by atoms with Crippen molar-refractivity contribution in [2.75, 3.05) is 11.9 Å². The maximum absolute atomic E-state index is 12.5. The van der Waals surface area contributed by atoms with E-state index in [1.807, 2.05) is 32.0 Å². The van der Waals surface area contributed by atoms with Gasteiger partial charge < -0.3 is 10.6 Å². The number of allylic oxidation sites excluding steroid dienone is 1. The molecule has 28 heavy (non-hydrogen) atoms. The van der Waals surface area contributed by atoms with Crippen LogP contribution in [0.3, 0.4) is 0 Å². The summed E-state index contributed by atoms with van der Waals surface area (Å²) in [5.41, 5.74) is 5.18. The van der Waals surface area contributed by atoms with Gasteiger partial charge in [-0.05, 0) is 75.3 Å². The first-order chi connectivity index (χ1) is 13.5. The van der Waals surface area contributed by atoms with Gasteiger partial charge in [0, 0.05) is 24.6 Å². The van der Waals surface area contributed by atoms with E-state index in [0.717, 1.165) is 30.5 Å². The summed E-state index contributed by atoms with van der Waals surface area (Å²) < 4.78 is 0. The molecule has 1 aromatic carbocycles. The second-order valence-corrected chi connectivity index (χ2v) is 7.33. The molecule has 1 aromatic heterocycles. The molecule has 0 atom stereocenters. The van der Waals surface area contributed by atoms with Crippen LogP contribution in [0.4, 0.5) is 5.69 Å². The number of anilines is 1. The molecule has 0 spiro atoms. The smallest absolute Gasteiger partial charge is 0.257 e. The first-order valence-electron chi connectivity index (χ1n) is 9.82. The third-order valence-corrected chi connectivity index (χ3v) is 5.14. The van der Waals surface area contributed by atoms with E-state index >= 15 is 0 Å². The molecule has 0 bridgehead atoms. The molecule has 2 aromatic rings. The molecule has 5 heteroatoms. The molecule has 0 saturated heterocycles. The number of aryl methyl sites for hydroxylation is 2. The van der Waals surface area contributed by atoms with Gasteiger partial charge in [-0.3, -0.25) is 14.6 Å². The Kier molecular flexibility index (Phi) is 6.58. The average molecular weight is 377 g/mol. The maximum atomic E-state index is 12.5. The van der Waals surface area contributed by atoms with Gasteiger partial charge in [0.15, 0.2) is 0 Å². The van der Waals surface area contributed by atoms with Gasteiger partial charge in [0.25, 0.3) is 11.8 Å². The van der Waals surface area contributed by atoms with E-state index in [0.29, 0.717) is 17.7 Å². The number of hydrogen-bond acceptors (Lipinski definition) is 3. The Morgan fingerprint density at radius 1 is 1.00 bits per heavy atom. The van der Waals surface area contributed by atoms with E-state index in [1.54, 1.807) is 6.07 Å². The number of carbonyl (C=O) groups excluding carboxylic acids is 2. The van der Waals surface area contributed by atoms with E-state index < -0.39 is 0 Å². The van der Waals surface area contributed by atoms with Gasteiger partial charge in [-0.2, -0.15) is 0 Å². The summed E-state index contributed by atoms with van der Waals surface area (Å²) in [6.45, 7) is 4.63. The van der Waals surface area contributed by atoms with Gasteiger partial charge >= 0.3 is 0 Å². The second kappa shape index (κ2) is 9.31. The molecule has 1 aliphatic carbocycles. The summed E-state index contributed by atoms with van der Waals surface area (Å²) in [6, 6.07) is 7.34. The minimum atomic E-state index is -0.280. The zero-order chi connectivity index (χ0) is 19.9. The Bertz CT molecular complexity index is 902. The van der Waals surface area contributed by atoms with Crippen molar-refractivity contribution >= 4 is 17.5 Å². The molecular formula is C23H27N3O2. The van der Waals surface area contributed by atoms with Gasteiger partial charge in [0.1, 0.15) is 0 Å². The molecular weight excluding hydrogens is 350 g/mol. The van der Waals surface area contributed by atoms with E-state index in [4.69, 9.17) is 0 Å². The van der Waals surface area contributed by atoms with Crippen LogP contribution in [-0.4, -0.2) is 23.3 Å². The predicted molar refractivity (Wildman–Crippen MR) is 112 cm³/mol. The van der Waals surface area contributed by atoms with Crippen molar-refractivity contribution in [2.24, 2.45) is 0 Å². The van der Waals surface area contributed by atoms with Crippen molar-refractivity contribution in [1.82, 2.24) is 10.3 Å². The van der Waals surface area contributed by atoms with Gasteiger partial charge in [-0.25, -0.2) is 0 Å². The molecule has 5 nitrogen and oxygen atoms in total.